The Morgan fingerprint density at radius 2 is 2.06 bits per heavy atom. The van der Waals surface area contributed by atoms with Crippen LogP contribution in [0.5, 0.6) is 0 Å². The third-order valence-corrected chi connectivity index (χ3v) is 4.82. The van der Waals surface area contributed by atoms with E-state index < -0.39 is 0 Å². The molecule has 3 rings (SSSR count). The normalized spacial score (nSPS) is 14.7. The summed E-state index contributed by atoms with van der Waals surface area (Å²) >= 11 is 5.13. The molecule has 1 aliphatic heterocycles. The van der Waals surface area contributed by atoms with Crippen LogP contribution in [-0.4, -0.2) is 17.4 Å². The summed E-state index contributed by atoms with van der Waals surface area (Å²) in [5, 5.41) is 0. The second-order valence-corrected chi connectivity index (χ2v) is 6.87. The Morgan fingerprint density at radius 1 is 1.28 bits per heavy atom. The van der Waals surface area contributed by atoms with E-state index in [1.54, 1.807) is 11.3 Å². The van der Waals surface area contributed by atoms with Gasteiger partial charge in [0.1, 0.15) is 0 Å². The number of carbonyl (C=O) groups is 1. The van der Waals surface area contributed by atoms with Gasteiger partial charge in [-0.2, -0.15) is 0 Å². The summed E-state index contributed by atoms with van der Waals surface area (Å²) in [5.41, 5.74) is 2.05. The van der Waals surface area contributed by atoms with Gasteiger partial charge in [0.2, 0.25) is 0 Å². The molecule has 0 atom stereocenters. The summed E-state index contributed by atoms with van der Waals surface area (Å²) in [4.78, 5) is 15.5. The Bertz CT molecular complexity index is 579. The van der Waals surface area contributed by atoms with Crippen molar-refractivity contribution in [2.75, 3.05) is 6.54 Å². The lowest BCUT2D eigenvalue weighted by atomic mass is 10.1. The number of hydrogen-bond donors (Lipinski definition) is 0. The number of thiophene rings is 1. The first-order chi connectivity index (χ1) is 8.74. The fourth-order valence-corrected chi connectivity index (χ4v) is 3.90. The summed E-state index contributed by atoms with van der Waals surface area (Å²) < 4.78 is 1.04. The van der Waals surface area contributed by atoms with E-state index in [-0.39, 0.29) is 5.91 Å². The standard InChI is InChI=1S/C14H12BrNOS/c15-13-8-11-12(18-13)6-7-16(14(11)17)9-10-4-2-1-3-5-10/h1-5,8H,6-7,9H2. The lowest BCUT2D eigenvalue weighted by Crippen LogP contribution is -2.36. The van der Waals surface area contributed by atoms with Gasteiger partial charge in [-0.15, -0.1) is 11.3 Å². The zero-order valence-corrected chi connectivity index (χ0v) is 12.1. The summed E-state index contributed by atoms with van der Waals surface area (Å²) in [6.45, 7) is 1.51. The lowest BCUT2D eigenvalue weighted by Gasteiger charge is -2.26. The van der Waals surface area contributed by atoms with E-state index >= 15 is 0 Å². The minimum Gasteiger partial charge on any atom is -0.334 e. The Morgan fingerprint density at radius 3 is 2.83 bits per heavy atom. The van der Waals surface area contributed by atoms with Gasteiger partial charge in [-0.1, -0.05) is 30.3 Å². The SMILES string of the molecule is O=C1c2cc(Br)sc2CCN1Cc1ccccc1. The largest absolute Gasteiger partial charge is 0.334 e. The van der Waals surface area contributed by atoms with E-state index in [4.69, 9.17) is 0 Å². The summed E-state index contributed by atoms with van der Waals surface area (Å²) in [6, 6.07) is 12.1. The maximum atomic E-state index is 12.3. The summed E-state index contributed by atoms with van der Waals surface area (Å²) in [6.07, 6.45) is 0.962. The van der Waals surface area contributed by atoms with Gasteiger partial charge in [-0.3, -0.25) is 4.79 Å². The highest BCUT2D eigenvalue weighted by Crippen LogP contribution is 2.31. The number of nitrogens with zero attached hydrogens (tertiary/aromatic N) is 1. The first-order valence-corrected chi connectivity index (χ1v) is 7.46. The molecule has 1 aromatic heterocycles. The summed E-state index contributed by atoms with van der Waals surface area (Å²) in [5.74, 6) is 0.155. The molecule has 0 N–H and O–H groups in total. The van der Waals surface area contributed by atoms with Crippen LogP contribution in [0.25, 0.3) is 0 Å². The van der Waals surface area contributed by atoms with Crippen LogP contribution in [0.4, 0.5) is 0 Å². The average molecular weight is 322 g/mol. The molecular weight excluding hydrogens is 310 g/mol. The van der Waals surface area contributed by atoms with Crippen molar-refractivity contribution >= 4 is 33.2 Å². The Labute approximate surface area is 118 Å². The molecule has 0 saturated heterocycles. The van der Waals surface area contributed by atoms with Gasteiger partial charge >= 0.3 is 0 Å². The van der Waals surface area contributed by atoms with Gasteiger partial charge in [0.15, 0.2) is 0 Å². The molecule has 1 amide bonds. The van der Waals surface area contributed by atoms with E-state index in [1.165, 1.54) is 10.4 Å². The average Bonchev–Trinajstić information content (AvgIpc) is 2.76. The number of amides is 1. The molecule has 0 saturated carbocycles. The molecule has 0 radical (unpaired) electrons. The molecule has 0 spiro atoms. The molecule has 1 aromatic carbocycles. The van der Waals surface area contributed by atoms with E-state index in [0.29, 0.717) is 6.54 Å². The van der Waals surface area contributed by atoms with Crippen LogP contribution in [0.1, 0.15) is 20.8 Å². The molecule has 0 aliphatic carbocycles. The molecule has 0 unspecified atom stereocenters. The Balaban J connectivity index is 1.82. The first-order valence-electron chi connectivity index (χ1n) is 5.85. The van der Waals surface area contributed by atoms with Crippen LogP contribution in [0.3, 0.4) is 0 Å². The molecule has 92 valence electrons. The van der Waals surface area contributed by atoms with Gasteiger partial charge in [0.05, 0.1) is 9.35 Å². The topological polar surface area (TPSA) is 20.3 Å². The maximum Gasteiger partial charge on any atom is 0.255 e. The second-order valence-electron chi connectivity index (χ2n) is 4.35. The highest BCUT2D eigenvalue weighted by Gasteiger charge is 2.26. The van der Waals surface area contributed by atoms with Gasteiger partial charge in [0, 0.05) is 24.4 Å². The molecule has 2 heterocycles. The van der Waals surface area contributed by atoms with Crippen LogP contribution >= 0.6 is 27.3 Å². The molecule has 4 heteroatoms. The molecule has 1 aliphatic rings. The fraction of sp³-hybridized carbons (Fsp3) is 0.214. The highest BCUT2D eigenvalue weighted by atomic mass is 79.9. The molecule has 2 aromatic rings. The highest BCUT2D eigenvalue weighted by molar-refractivity contribution is 9.11. The van der Waals surface area contributed by atoms with Crippen LogP contribution < -0.4 is 0 Å². The van der Waals surface area contributed by atoms with Crippen molar-refractivity contribution in [3.8, 4) is 0 Å². The molecular formula is C14H12BrNOS. The monoisotopic (exact) mass is 321 g/mol. The van der Waals surface area contributed by atoms with Crippen molar-refractivity contribution in [1.29, 1.82) is 0 Å². The van der Waals surface area contributed by atoms with Crippen LogP contribution in [0, 0.1) is 0 Å². The summed E-state index contributed by atoms with van der Waals surface area (Å²) in [7, 11) is 0. The minimum absolute atomic E-state index is 0.155. The van der Waals surface area contributed by atoms with Crippen LogP contribution in [-0.2, 0) is 13.0 Å². The van der Waals surface area contributed by atoms with Gasteiger partial charge in [-0.25, -0.2) is 0 Å². The predicted octanol–water partition coefficient (Wildman–Crippen LogP) is 3.71. The van der Waals surface area contributed by atoms with E-state index in [1.807, 2.05) is 29.2 Å². The molecule has 0 bridgehead atoms. The smallest absolute Gasteiger partial charge is 0.255 e. The van der Waals surface area contributed by atoms with Crippen LogP contribution in [0.2, 0.25) is 0 Å². The van der Waals surface area contributed by atoms with Gasteiger partial charge < -0.3 is 4.90 Å². The lowest BCUT2D eigenvalue weighted by molar-refractivity contribution is 0.0729. The van der Waals surface area contributed by atoms with Crippen molar-refractivity contribution < 1.29 is 4.79 Å². The predicted molar refractivity (Wildman–Crippen MR) is 76.9 cm³/mol. The molecule has 2 nitrogen and oxygen atoms in total. The fourth-order valence-electron chi connectivity index (χ4n) is 2.23. The van der Waals surface area contributed by atoms with E-state index in [2.05, 4.69) is 28.1 Å². The molecule has 0 fully saturated rings. The number of benzene rings is 1. The first kappa shape index (κ1) is 11.9. The van der Waals surface area contributed by atoms with Crippen molar-refractivity contribution in [2.24, 2.45) is 0 Å². The quantitative estimate of drug-likeness (QED) is 0.825. The third-order valence-electron chi connectivity index (χ3n) is 3.12. The van der Waals surface area contributed by atoms with Crippen molar-refractivity contribution in [3.63, 3.8) is 0 Å². The molecule has 18 heavy (non-hydrogen) atoms. The zero-order valence-electron chi connectivity index (χ0n) is 9.73. The second kappa shape index (κ2) is 4.86. The Hall–Kier alpha value is -1.13. The third kappa shape index (κ3) is 2.22. The number of halogens is 1. The van der Waals surface area contributed by atoms with Gasteiger partial charge in [-0.05, 0) is 27.6 Å². The maximum absolute atomic E-state index is 12.3. The van der Waals surface area contributed by atoms with Crippen molar-refractivity contribution in [3.05, 3.63) is 56.2 Å². The van der Waals surface area contributed by atoms with Crippen molar-refractivity contribution in [2.45, 2.75) is 13.0 Å². The van der Waals surface area contributed by atoms with Crippen molar-refractivity contribution in [1.82, 2.24) is 4.90 Å². The number of hydrogen-bond acceptors (Lipinski definition) is 2. The number of rotatable bonds is 2. The van der Waals surface area contributed by atoms with Crippen LogP contribution in [0.15, 0.2) is 40.2 Å². The zero-order chi connectivity index (χ0) is 12.5. The number of carbonyl (C=O) groups excluding carboxylic acids is 1. The number of fused-ring (bicyclic) bond motifs is 1. The minimum atomic E-state index is 0.155. The van der Waals surface area contributed by atoms with E-state index in [0.717, 1.165) is 22.3 Å². The van der Waals surface area contributed by atoms with Gasteiger partial charge in [0.25, 0.3) is 5.91 Å². The Kier molecular flexibility index (Phi) is 3.22. The van der Waals surface area contributed by atoms with E-state index in [9.17, 15) is 4.79 Å².